The molecule has 1 aliphatic rings. The second-order valence-corrected chi connectivity index (χ2v) is 5.15. The first-order valence-electron chi connectivity index (χ1n) is 6.80. The van der Waals surface area contributed by atoms with Gasteiger partial charge in [-0.05, 0) is 48.2 Å². The van der Waals surface area contributed by atoms with Crippen LogP contribution in [0.4, 0.5) is 0 Å². The molecule has 0 bridgehead atoms. The summed E-state index contributed by atoms with van der Waals surface area (Å²) >= 11 is 0. The number of aromatic hydroxyl groups is 2. The molecule has 0 amide bonds. The van der Waals surface area contributed by atoms with Crippen LogP contribution in [0.2, 0.25) is 0 Å². The highest BCUT2D eigenvalue weighted by molar-refractivity contribution is 5.50. The molecule has 0 atom stereocenters. The lowest BCUT2D eigenvalue weighted by molar-refractivity contribution is 0.473. The molecule has 100 valence electrons. The van der Waals surface area contributed by atoms with Crippen LogP contribution in [-0.4, -0.2) is 10.2 Å². The number of hydrogen-bond acceptors (Lipinski definition) is 2. The minimum absolute atomic E-state index is 0.262. The Morgan fingerprint density at radius 3 is 1.70 bits per heavy atom. The molecule has 20 heavy (non-hydrogen) atoms. The summed E-state index contributed by atoms with van der Waals surface area (Å²) in [5.74, 6) is 7.14. The van der Waals surface area contributed by atoms with Crippen molar-refractivity contribution in [3.05, 3.63) is 59.7 Å². The van der Waals surface area contributed by atoms with Gasteiger partial charge in [-0.1, -0.05) is 30.2 Å². The smallest absolute Gasteiger partial charge is 0.115 e. The molecule has 0 unspecified atom stereocenters. The second kappa shape index (κ2) is 4.94. The van der Waals surface area contributed by atoms with E-state index >= 15 is 0 Å². The number of phenolic OH excluding ortho intramolecular Hbond substituents is 2. The Morgan fingerprint density at radius 2 is 1.30 bits per heavy atom. The SMILES string of the molecule is Oc1ccc(C2(c3ccc(O)cc3)C#CCCC2)cc1. The minimum atomic E-state index is -0.334. The van der Waals surface area contributed by atoms with Crippen LogP contribution in [0.5, 0.6) is 11.5 Å². The fraction of sp³-hybridized carbons (Fsp3) is 0.222. The molecule has 2 aromatic rings. The second-order valence-electron chi connectivity index (χ2n) is 5.15. The normalized spacial score (nSPS) is 16.2. The zero-order valence-corrected chi connectivity index (χ0v) is 11.1. The quantitative estimate of drug-likeness (QED) is 0.814. The van der Waals surface area contributed by atoms with Crippen molar-refractivity contribution in [1.29, 1.82) is 0 Å². The summed E-state index contributed by atoms with van der Waals surface area (Å²) in [6, 6.07) is 14.5. The molecular weight excluding hydrogens is 248 g/mol. The molecule has 0 radical (unpaired) electrons. The van der Waals surface area contributed by atoms with Gasteiger partial charge in [0.2, 0.25) is 0 Å². The lowest BCUT2D eigenvalue weighted by atomic mass is 9.70. The van der Waals surface area contributed by atoms with Crippen molar-refractivity contribution in [2.24, 2.45) is 0 Å². The van der Waals surface area contributed by atoms with E-state index in [1.165, 1.54) is 0 Å². The largest absolute Gasteiger partial charge is 0.508 e. The van der Waals surface area contributed by atoms with Gasteiger partial charge in [-0.2, -0.15) is 0 Å². The number of benzene rings is 2. The van der Waals surface area contributed by atoms with E-state index in [1.807, 2.05) is 24.3 Å². The summed E-state index contributed by atoms with van der Waals surface area (Å²) in [4.78, 5) is 0. The van der Waals surface area contributed by atoms with E-state index in [2.05, 4.69) is 11.8 Å². The van der Waals surface area contributed by atoms with Crippen LogP contribution >= 0.6 is 0 Å². The van der Waals surface area contributed by atoms with Gasteiger partial charge < -0.3 is 10.2 Å². The Bertz CT molecular complexity index is 612. The molecule has 2 nitrogen and oxygen atoms in total. The highest BCUT2D eigenvalue weighted by atomic mass is 16.3. The highest BCUT2D eigenvalue weighted by Gasteiger charge is 2.33. The summed E-state index contributed by atoms with van der Waals surface area (Å²) in [6.07, 6.45) is 2.93. The van der Waals surface area contributed by atoms with Crippen LogP contribution in [0, 0.1) is 11.8 Å². The Hall–Kier alpha value is -2.40. The topological polar surface area (TPSA) is 40.5 Å². The highest BCUT2D eigenvalue weighted by Crippen LogP contribution is 2.39. The fourth-order valence-electron chi connectivity index (χ4n) is 2.81. The molecular formula is C18H16O2. The van der Waals surface area contributed by atoms with Gasteiger partial charge in [0.25, 0.3) is 0 Å². The van der Waals surface area contributed by atoms with Gasteiger partial charge in [0.1, 0.15) is 11.5 Å². The van der Waals surface area contributed by atoms with Crippen molar-refractivity contribution >= 4 is 0 Å². The third kappa shape index (κ3) is 2.12. The van der Waals surface area contributed by atoms with Crippen LogP contribution in [0.1, 0.15) is 30.4 Å². The fourth-order valence-corrected chi connectivity index (χ4v) is 2.81. The zero-order chi connectivity index (χ0) is 14.0. The molecule has 0 spiro atoms. The summed E-state index contributed by atoms with van der Waals surface area (Å²) in [6.45, 7) is 0. The van der Waals surface area contributed by atoms with Crippen molar-refractivity contribution in [2.45, 2.75) is 24.7 Å². The maximum atomic E-state index is 9.48. The molecule has 0 aromatic heterocycles. The van der Waals surface area contributed by atoms with Gasteiger partial charge in [0.05, 0.1) is 5.41 Å². The summed E-state index contributed by atoms with van der Waals surface area (Å²) in [7, 11) is 0. The lowest BCUT2D eigenvalue weighted by Gasteiger charge is -2.32. The summed E-state index contributed by atoms with van der Waals surface area (Å²) in [5, 5.41) is 19.0. The van der Waals surface area contributed by atoms with E-state index in [9.17, 15) is 10.2 Å². The van der Waals surface area contributed by atoms with E-state index in [1.54, 1.807) is 24.3 Å². The van der Waals surface area contributed by atoms with Crippen LogP contribution in [-0.2, 0) is 5.41 Å². The molecule has 0 saturated carbocycles. The van der Waals surface area contributed by atoms with E-state index in [4.69, 9.17) is 0 Å². The molecule has 0 aliphatic heterocycles. The van der Waals surface area contributed by atoms with Gasteiger partial charge in [-0.25, -0.2) is 0 Å². The van der Waals surface area contributed by atoms with Gasteiger partial charge >= 0.3 is 0 Å². The van der Waals surface area contributed by atoms with Gasteiger partial charge in [-0.3, -0.25) is 0 Å². The first-order chi connectivity index (χ1) is 9.71. The number of rotatable bonds is 2. The van der Waals surface area contributed by atoms with Crippen LogP contribution < -0.4 is 0 Å². The summed E-state index contributed by atoms with van der Waals surface area (Å²) < 4.78 is 0. The molecule has 2 N–H and O–H groups in total. The lowest BCUT2D eigenvalue weighted by Crippen LogP contribution is -2.27. The third-order valence-corrected chi connectivity index (χ3v) is 3.88. The first kappa shape index (κ1) is 12.6. The van der Waals surface area contributed by atoms with Gasteiger partial charge in [0, 0.05) is 6.42 Å². The van der Waals surface area contributed by atoms with Crippen molar-refractivity contribution in [1.82, 2.24) is 0 Å². The average Bonchev–Trinajstić information content (AvgIpc) is 2.49. The van der Waals surface area contributed by atoms with E-state index in [-0.39, 0.29) is 16.9 Å². The standard InChI is InChI=1S/C18H16O2/c19-16-8-4-14(5-9-16)18(12-2-1-3-13-18)15-6-10-17(20)11-7-15/h4-11,19-20H,1-2,12H2. The number of phenols is 2. The predicted molar refractivity (Wildman–Crippen MR) is 78.6 cm³/mol. The van der Waals surface area contributed by atoms with Gasteiger partial charge in [-0.15, -0.1) is 5.92 Å². The monoisotopic (exact) mass is 264 g/mol. The third-order valence-electron chi connectivity index (χ3n) is 3.88. The van der Waals surface area contributed by atoms with E-state index < -0.39 is 0 Å². The Balaban J connectivity index is 2.15. The zero-order valence-electron chi connectivity index (χ0n) is 11.1. The van der Waals surface area contributed by atoms with E-state index in [0.717, 1.165) is 30.4 Å². The minimum Gasteiger partial charge on any atom is -0.508 e. The van der Waals surface area contributed by atoms with Gasteiger partial charge in [0.15, 0.2) is 0 Å². The predicted octanol–water partition coefficient (Wildman–Crippen LogP) is 3.57. The maximum Gasteiger partial charge on any atom is 0.115 e. The Kier molecular flexibility index (Phi) is 3.12. The van der Waals surface area contributed by atoms with Crippen LogP contribution in [0.15, 0.2) is 48.5 Å². The molecule has 0 fully saturated rings. The molecule has 0 saturated heterocycles. The number of hydrogen-bond donors (Lipinski definition) is 2. The van der Waals surface area contributed by atoms with Crippen LogP contribution in [0.3, 0.4) is 0 Å². The van der Waals surface area contributed by atoms with E-state index in [0.29, 0.717) is 0 Å². The molecule has 1 aliphatic carbocycles. The van der Waals surface area contributed by atoms with Crippen molar-refractivity contribution in [3.8, 4) is 23.3 Å². The van der Waals surface area contributed by atoms with Crippen molar-refractivity contribution in [3.63, 3.8) is 0 Å². The first-order valence-corrected chi connectivity index (χ1v) is 6.80. The maximum absolute atomic E-state index is 9.48. The Morgan fingerprint density at radius 1 is 0.800 bits per heavy atom. The van der Waals surface area contributed by atoms with Crippen molar-refractivity contribution in [2.75, 3.05) is 0 Å². The molecule has 0 heterocycles. The molecule has 2 aromatic carbocycles. The molecule has 3 rings (SSSR count). The average molecular weight is 264 g/mol. The van der Waals surface area contributed by atoms with Crippen LogP contribution in [0.25, 0.3) is 0 Å². The summed E-state index contributed by atoms with van der Waals surface area (Å²) in [5.41, 5.74) is 1.85. The van der Waals surface area contributed by atoms with Crippen molar-refractivity contribution < 1.29 is 10.2 Å². The Labute approximate surface area is 118 Å². The molecule has 2 heteroatoms.